The van der Waals surface area contributed by atoms with Crippen LogP contribution in [-0.4, -0.2) is 17.4 Å². The van der Waals surface area contributed by atoms with Crippen molar-refractivity contribution in [3.8, 4) is 0 Å². The van der Waals surface area contributed by atoms with Crippen LogP contribution in [0, 0.1) is 4.91 Å². The summed E-state index contributed by atoms with van der Waals surface area (Å²) < 4.78 is 1.28. The van der Waals surface area contributed by atoms with E-state index in [1.54, 1.807) is 24.3 Å². The predicted octanol–water partition coefficient (Wildman–Crippen LogP) is -0.223. The lowest BCUT2D eigenvalue weighted by Crippen LogP contribution is -2.39. The van der Waals surface area contributed by atoms with Crippen molar-refractivity contribution in [3.05, 3.63) is 61.8 Å². The van der Waals surface area contributed by atoms with Gasteiger partial charge in [-0.25, -0.2) is 4.79 Å². The maximum absolute atomic E-state index is 11.5. The Bertz CT molecular complexity index is 688. The lowest BCUT2D eigenvalue weighted by molar-refractivity contribution is 0.726. The molecule has 1 aromatic carbocycles. The maximum Gasteiger partial charge on any atom is 0.328 e. The molecular weight excluding hydrogens is 233 g/mol. The molecule has 1 aromatic heterocycles. The van der Waals surface area contributed by atoms with Crippen LogP contribution in [0.25, 0.3) is 0 Å². The fourth-order valence-electron chi connectivity index (χ4n) is 1.50. The second-order valence-electron chi connectivity index (χ2n) is 3.73. The van der Waals surface area contributed by atoms with Gasteiger partial charge in [-0.05, 0) is 28.3 Å². The third-order valence-electron chi connectivity index (χ3n) is 2.43. The van der Waals surface area contributed by atoms with Crippen LogP contribution in [0.3, 0.4) is 0 Å². The summed E-state index contributed by atoms with van der Waals surface area (Å²) in [6.45, 7) is 0.249. The standard InChI is InChI=1S/C11H8BN3O3/c12-9-6-15(11(17)13-10(9)16)5-7-1-3-8(14-18)4-2-7/h1-4,6H,5H2,(H,13,16,17). The van der Waals surface area contributed by atoms with Crippen molar-refractivity contribution < 1.29 is 0 Å². The van der Waals surface area contributed by atoms with Crippen molar-refractivity contribution in [2.24, 2.45) is 5.18 Å². The number of rotatable bonds is 3. The molecule has 1 heterocycles. The van der Waals surface area contributed by atoms with Crippen molar-refractivity contribution in [1.29, 1.82) is 0 Å². The second-order valence-corrected chi connectivity index (χ2v) is 3.73. The Morgan fingerprint density at radius 3 is 2.50 bits per heavy atom. The highest BCUT2D eigenvalue weighted by Gasteiger charge is 2.01. The molecule has 0 atom stereocenters. The lowest BCUT2D eigenvalue weighted by Gasteiger charge is -2.06. The molecule has 0 saturated heterocycles. The van der Waals surface area contributed by atoms with Crippen LogP contribution in [0.15, 0.2) is 45.2 Å². The monoisotopic (exact) mass is 241 g/mol. The Kier molecular flexibility index (Phi) is 3.23. The van der Waals surface area contributed by atoms with Gasteiger partial charge in [0.15, 0.2) is 0 Å². The van der Waals surface area contributed by atoms with Gasteiger partial charge in [-0.1, -0.05) is 12.1 Å². The molecule has 18 heavy (non-hydrogen) atoms. The number of nitrogens with one attached hydrogen (secondary N) is 1. The number of hydrogen-bond donors (Lipinski definition) is 1. The fourth-order valence-corrected chi connectivity index (χ4v) is 1.50. The first-order chi connectivity index (χ1) is 8.60. The summed E-state index contributed by atoms with van der Waals surface area (Å²) in [5.41, 5.74) is -0.0626. The minimum atomic E-state index is -0.600. The number of nitrogens with zero attached hydrogens (tertiary/aromatic N) is 2. The van der Waals surface area contributed by atoms with Crippen LogP contribution < -0.4 is 16.7 Å². The first kappa shape index (κ1) is 12.0. The van der Waals surface area contributed by atoms with E-state index in [-0.39, 0.29) is 12.0 Å². The molecule has 0 aliphatic carbocycles. The zero-order chi connectivity index (χ0) is 13.1. The van der Waals surface area contributed by atoms with Gasteiger partial charge in [0.1, 0.15) is 13.5 Å². The highest BCUT2D eigenvalue weighted by atomic mass is 16.3. The number of hydrogen-bond acceptors (Lipinski definition) is 4. The highest BCUT2D eigenvalue weighted by Crippen LogP contribution is 2.12. The number of aromatic amines is 1. The van der Waals surface area contributed by atoms with Gasteiger partial charge in [0.25, 0.3) is 0 Å². The van der Waals surface area contributed by atoms with Crippen molar-refractivity contribution in [1.82, 2.24) is 9.55 Å². The molecule has 0 aliphatic heterocycles. The van der Waals surface area contributed by atoms with Crippen LogP contribution in [0.5, 0.6) is 0 Å². The third-order valence-corrected chi connectivity index (χ3v) is 2.43. The molecule has 2 aromatic rings. The quantitative estimate of drug-likeness (QED) is 0.595. The normalized spacial score (nSPS) is 10.2. The Labute approximate surface area is 103 Å². The highest BCUT2D eigenvalue weighted by molar-refractivity contribution is 6.31. The number of nitroso groups, excluding NO2 is 1. The molecule has 6 nitrogen and oxygen atoms in total. The molecule has 0 spiro atoms. The Morgan fingerprint density at radius 1 is 1.22 bits per heavy atom. The molecule has 7 heteroatoms. The minimum absolute atomic E-state index is 0.0271. The van der Waals surface area contributed by atoms with E-state index < -0.39 is 11.2 Å². The van der Waals surface area contributed by atoms with Gasteiger partial charge in [-0.3, -0.25) is 14.3 Å². The Balaban J connectivity index is 2.33. The summed E-state index contributed by atoms with van der Waals surface area (Å²) >= 11 is 0. The molecular formula is C11H8BN3O3. The molecule has 0 unspecified atom stereocenters. The summed E-state index contributed by atoms with van der Waals surface area (Å²) in [5, 5.41) is 2.78. The van der Waals surface area contributed by atoms with E-state index >= 15 is 0 Å². The number of benzene rings is 1. The molecule has 1 N–H and O–H groups in total. The van der Waals surface area contributed by atoms with Gasteiger partial charge in [-0.15, -0.1) is 4.91 Å². The molecule has 88 valence electrons. The molecule has 2 radical (unpaired) electrons. The number of H-pyrrole nitrogens is 1. The second kappa shape index (κ2) is 4.83. The van der Waals surface area contributed by atoms with E-state index in [1.165, 1.54) is 10.8 Å². The van der Waals surface area contributed by atoms with Crippen LogP contribution in [-0.2, 0) is 6.54 Å². The van der Waals surface area contributed by atoms with E-state index in [1.807, 2.05) is 0 Å². The first-order valence-electron chi connectivity index (χ1n) is 5.11. The first-order valence-corrected chi connectivity index (χ1v) is 5.11. The molecule has 0 bridgehead atoms. The van der Waals surface area contributed by atoms with Gasteiger partial charge in [-0.2, -0.15) is 0 Å². The summed E-state index contributed by atoms with van der Waals surface area (Å²) in [5.74, 6) is 0. The third kappa shape index (κ3) is 2.45. The van der Waals surface area contributed by atoms with Crippen molar-refractivity contribution >= 4 is 19.0 Å². The van der Waals surface area contributed by atoms with Crippen molar-refractivity contribution in [3.63, 3.8) is 0 Å². The predicted molar refractivity (Wildman–Crippen MR) is 67.7 cm³/mol. The molecule has 0 fully saturated rings. The largest absolute Gasteiger partial charge is 0.328 e. The summed E-state index contributed by atoms with van der Waals surface area (Å²) in [6, 6.07) is 6.43. The maximum atomic E-state index is 11.5. The smallest absolute Gasteiger partial charge is 0.297 e. The van der Waals surface area contributed by atoms with Gasteiger partial charge < -0.3 is 0 Å². The van der Waals surface area contributed by atoms with Gasteiger partial charge in [0.05, 0.1) is 6.54 Å². The van der Waals surface area contributed by atoms with Crippen LogP contribution in [0.4, 0.5) is 5.69 Å². The van der Waals surface area contributed by atoms with Crippen LogP contribution in [0.2, 0.25) is 0 Å². The SMILES string of the molecule is [B]c1cn(Cc2ccc(N=O)cc2)c(=O)[nH]c1=O. The summed E-state index contributed by atoms with van der Waals surface area (Å²) in [6.07, 6.45) is 1.28. The fraction of sp³-hybridized carbons (Fsp3) is 0.0909. The molecule has 0 amide bonds. The van der Waals surface area contributed by atoms with Gasteiger partial charge >= 0.3 is 5.69 Å². The number of aromatic nitrogens is 2. The van der Waals surface area contributed by atoms with Crippen molar-refractivity contribution in [2.45, 2.75) is 6.54 Å². The molecule has 0 aliphatic rings. The van der Waals surface area contributed by atoms with E-state index in [2.05, 4.69) is 10.2 Å². The average Bonchev–Trinajstić information content (AvgIpc) is 2.37. The van der Waals surface area contributed by atoms with E-state index in [4.69, 9.17) is 7.85 Å². The van der Waals surface area contributed by atoms with Gasteiger partial charge in [0, 0.05) is 6.20 Å². The minimum Gasteiger partial charge on any atom is -0.297 e. The molecule has 0 saturated carbocycles. The zero-order valence-corrected chi connectivity index (χ0v) is 9.29. The van der Waals surface area contributed by atoms with E-state index in [9.17, 15) is 14.5 Å². The topological polar surface area (TPSA) is 84.3 Å². The van der Waals surface area contributed by atoms with Gasteiger partial charge in [0.2, 0.25) is 5.56 Å². The molecule has 2 rings (SSSR count). The van der Waals surface area contributed by atoms with Crippen LogP contribution >= 0.6 is 0 Å². The average molecular weight is 241 g/mol. The summed E-state index contributed by atoms with van der Waals surface area (Å²) in [4.78, 5) is 34.9. The Morgan fingerprint density at radius 2 is 1.89 bits per heavy atom. The van der Waals surface area contributed by atoms with E-state index in [0.717, 1.165) is 5.56 Å². The Hall–Kier alpha value is -2.44. The summed E-state index contributed by atoms with van der Waals surface area (Å²) in [7, 11) is 5.43. The zero-order valence-electron chi connectivity index (χ0n) is 9.29. The van der Waals surface area contributed by atoms with Crippen molar-refractivity contribution in [2.75, 3.05) is 0 Å². The van der Waals surface area contributed by atoms with E-state index in [0.29, 0.717) is 5.69 Å². The van der Waals surface area contributed by atoms with Crippen LogP contribution in [0.1, 0.15) is 5.56 Å². The lowest BCUT2D eigenvalue weighted by atomic mass is 10.0.